The lowest BCUT2D eigenvalue weighted by Crippen LogP contribution is -2.41. The van der Waals surface area contributed by atoms with Gasteiger partial charge in [-0.05, 0) is 54.5 Å². The third-order valence-electron chi connectivity index (χ3n) is 3.31. The number of nitrogens with zero attached hydrogens (tertiary/aromatic N) is 1. The summed E-state index contributed by atoms with van der Waals surface area (Å²) in [5.74, 6) is 0.0864. The van der Waals surface area contributed by atoms with E-state index in [0.29, 0.717) is 12.2 Å². The van der Waals surface area contributed by atoms with Crippen molar-refractivity contribution in [3.63, 3.8) is 0 Å². The molecule has 1 aromatic rings. The number of likely N-dealkylation sites (tertiary alicyclic amines) is 1. The Labute approximate surface area is 127 Å². The number of aromatic amines is 1. The second-order valence-corrected chi connectivity index (χ2v) is 5.98. The third-order valence-corrected chi connectivity index (χ3v) is 3.93. The number of aromatic nitrogens is 1. The number of nitrogens with one attached hydrogen (secondary N) is 1. The van der Waals surface area contributed by atoms with Gasteiger partial charge in [0.15, 0.2) is 0 Å². The zero-order valence-corrected chi connectivity index (χ0v) is 13.1. The van der Waals surface area contributed by atoms with Crippen molar-refractivity contribution < 1.29 is 9.53 Å². The molecule has 2 heterocycles. The average molecular weight is 377 g/mol. The molecule has 106 valence electrons. The molecule has 0 saturated carbocycles. The van der Waals surface area contributed by atoms with E-state index in [4.69, 9.17) is 10.5 Å². The number of carbonyl (C=O) groups excluding carboxylic acids is 1. The van der Waals surface area contributed by atoms with Crippen molar-refractivity contribution >= 4 is 28.5 Å². The van der Waals surface area contributed by atoms with Crippen LogP contribution in [-0.2, 0) is 4.74 Å². The lowest BCUT2D eigenvalue weighted by atomic mass is 10.1. The first-order valence-corrected chi connectivity index (χ1v) is 7.73. The zero-order valence-electron chi connectivity index (χ0n) is 10.9. The van der Waals surface area contributed by atoms with Crippen molar-refractivity contribution in [2.75, 3.05) is 26.2 Å². The van der Waals surface area contributed by atoms with Gasteiger partial charge >= 0.3 is 0 Å². The molecule has 0 bridgehead atoms. The molecule has 1 saturated heterocycles. The van der Waals surface area contributed by atoms with Gasteiger partial charge < -0.3 is 20.4 Å². The van der Waals surface area contributed by atoms with Gasteiger partial charge in [-0.1, -0.05) is 0 Å². The molecule has 1 aromatic heterocycles. The summed E-state index contributed by atoms with van der Waals surface area (Å²) >= 11 is 2.19. The Balaban J connectivity index is 1.78. The molecule has 0 aliphatic carbocycles. The highest BCUT2D eigenvalue weighted by atomic mass is 127. The van der Waals surface area contributed by atoms with Gasteiger partial charge in [-0.15, -0.1) is 0 Å². The summed E-state index contributed by atoms with van der Waals surface area (Å²) in [6.45, 7) is 2.93. The molecular weight excluding hydrogens is 357 g/mol. The number of piperidine rings is 1. The minimum absolute atomic E-state index is 0.0864. The van der Waals surface area contributed by atoms with Crippen LogP contribution in [0.15, 0.2) is 12.3 Å². The average Bonchev–Trinajstić information content (AvgIpc) is 2.86. The van der Waals surface area contributed by atoms with Gasteiger partial charge in [-0.3, -0.25) is 4.79 Å². The first kappa shape index (κ1) is 14.8. The van der Waals surface area contributed by atoms with E-state index in [1.54, 1.807) is 0 Å². The number of amides is 1. The molecule has 0 atom stereocenters. The Morgan fingerprint density at radius 2 is 2.26 bits per heavy atom. The second kappa shape index (κ2) is 7.25. The molecule has 6 heteroatoms. The lowest BCUT2D eigenvalue weighted by molar-refractivity contribution is 0.00831. The fourth-order valence-electron chi connectivity index (χ4n) is 2.22. The number of hydrogen-bond donors (Lipinski definition) is 2. The number of H-pyrrole nitrogens is 1. The van der Waals surface area contributed by atoms with Gasteiger partial charge in [-0.2, -0.15) is 0 Å². The van der Waals surface area contributed by atoms with Gasteiger partial charge in [0.2, 0.25) is 0 Å². The Morgan fingerprint density at radius 3 is 2.84 bits per heavy atom. The van der Waals surface area contributed by atoms with Crippen LogP contribution in [-0.4, -0.2) is 48.1 Å². The molecule has 3 N–H and O–H groups in total. The summed E-state index contributed by atoms with van der Waals surface area (Å²) in [5, 5.41) is 0. The molecule has 0 aromatic carbocycles. The normalized spacial score (nSPS) is 16.8. The Hall–Kier alpha value is -0.600. The van der Waals surface area contributed by atoms with Crippen LogP contribution in [0.1, 0.15) is 29.8 Å². The molecule has 1 fully saturated rings. The Bertz CT molecular complexity index is 414. The van der Waals surface area contributed by atoms with Crippen LogP contribution in [0, 0.1) is 3.57 Å². The largest absolute Gasteiger partial charge is 0.378 e. The van der Waals surface area contributed by atoms with Crippen molar-refractivity contribution in [3.8, 4) is 0 Å². The predicted octanol–water partition coefficient (Wildman–Crippen LogP) is 1.59. The number of halogens is 1. The number of nitrogens with two attached hydrogens (primary N) is 1. The van der Waals surface area contributed by atoms with E-state index in [1.807, 2.05) is 17.2 Å². The fourth-order valence-corrected chi connectivity index (χ4v) is 2.69. The molecule has 1 amide bonds. The highest BCUT2D eigenvalue weighted by molar-refractivity contribution is 14.1. The van der Waals surface area contributed by atoms with E-state index >= 15 is 0 Å². The summed E-state index contributed by atoms with van der Waals surface area (Å²) in [4.78, 5) is 17.1. The topological polar surface area (TPSA) is 71.3 Å². The van der Waals surface area contributed by atoms with E-state index in [1.165, 1.54) is 0 Å². The number of rotatable bonds is 5. The third kappa shape index (κ3) is 4.19. The van der Waals surface area contributed by atoms with Gasteiger partial charge in [0.25, 0.3) is 5.91 Å². The van der Waals surface area contributed by atoms with E-state index < -0.39 is 0 Å². The van der Waals surface area contributed by atoms with Crippen LogP contribution >= 0.6 is 22.6 Å². The van der Waals surface area contributed by atoms with Crippen LogP contribution < -0.4 is 5.73 Å². The standard InChI is InChI=1S/C13H20IN3O2/c14-10-8-12(16-9-10)13(18)17-5-2-11(3-6-17)19-7-1-4-15/h8-9,11,16H,1-7,15H2. The molecule has 0 unspecified atom stereocenters. The van der Waals surface area contributed by atoms with E-state index in [9.17, 15) is 4.79 Å². The van der Waals surface area contributed by atoms with Crippen molar-refractivity contribution in [2.45, 2.75) is 25.4 Å². The maximum Gasteiger partial charge on any atom is 0.270 e. The summed E-state index contributed by atoms with van der Waals surface area (Å²) in [6, 6.07) is 1.88. The van der Waals surface area contributed by atoms with Crippen LogP contribution in [0.3, 0.4) is 0 Å². The molecular formula is C13H20IN3O2. The van der Waals surface area contributed by atoms with E-state index in [-0.39, 0.29) is 12.0 Å². The Morgan fingerprint density at radius 1 is 1.53 bits per heavy atom. The van der Waals surface area contributed by atoms with Crippen molar-refractivity contribution in [2.24, 2.45) is 5.73 Å². The van der Waals surface area contributed by atoms with Crippen LogP contribution in [0.25, 0.3) is 0 Å². The van der Waals surface area contributed by atoms with Crippen LogP contribution in [0.2, 0.25) is 0 Å². The minimum atomic E-state index is 0.0864. The monoisotopic (exact) mass is 377 g/mol. The molecule has 0 spiro atoms. The smallest absolute Gasteiger partial charge is 0.270 e. The van der Waals surface area contributed by atoms with Gasteiger partial charge in [-0.25, -0.2) is 0 Å². The van der Waals surface area contributed by atoms with Gasteiger partial charge in [0.05, 0.1) is 6.10 Å². The molecule has 0 radical (unpaired) electrons. The number of hydrogen-bond acceptors (Lipinski definition) is 3. The molecule has 1 aliphatic heterocycles. The molecule has 5 nitrogen and oxygen atoms in total. The SMILES string of the molecule is NCCCOC1CCN(C(=O)c2cc(I)c[nH]2)CC1. The van der Waals surface area contributed by atoms with E-state index in [0.717, 1.165) is 42.5 Å². The summed E-state index contributed by atoms with van der Waals surface area (Å²) < 4.78 is 6.79. The number of ether oxygens (including phenoxy) is 1. The van der Waals surface area contributed by atoms with Crippen molar-refractivity contribution in [1.82, 2.24) is 9.88 Å². The van der Waals surface area contributed by atoms with Crippen molar-refractivity contribution in [1.29, 1.82) is 0 Å². The predicted molar refractivity (Wildman–Crippen MR) is 82.1 cm³/mol. The molecule has 2 rings (SSSR count). The summed E-state index contributed by atoms with van der Waals surface area (Å²) in [7, 11) is 0. The van der Waals surface area contributed by atoms with E-state index in [2.05, 4.69) is 27.6 Å². The number of carbonyl (C=O) groups is 1. The lowest BCUT2D eigenvalue weighted by Gasteiger charge is -2.31. The maximum absolute atomic E-state index is 12.2. The van der Waals surface area contributed by atoms with Crippen LogP contribution in [0.4, 0.5) is 0 Å². The zero-order chi connectivity index (χ0) is 13.7. The molecule has 19 heavy (non-hydrogen) atoms. The molecule has 1 aliphatic rings. The van der Waals surface area contributed by atoms with Crippen molar-refractivity contribution in [3.05, 3.63) is 21.5 Å². The first-order chi connectivity index (χ1) is 9.20. The van der Waals surface area contributed by atoms with Gasteiger partial charge in [0.1, 0.15) is 5.69 Å². The highest BCUT2D eigenvalue weighted by Crippen LogP contribution is 2.17. The van der Waals surface area contributed by atoms with Gasteiger partial charge in [0, 0.05) is 29.5 Å². The minimum Gasteiger partial charge on any atom is -0.378 e. The summed E-state index contributed by atoms with van der Waals surface area (Å²) in [6.07, 6.45) is 4.85. The summed E-state index contributed by atoms with van der Waals surface area (Å²) in [5.41, 5.74) is 6.11. The quantitative estimate of drug-likeness (QED) is 0.605. The maximum atomic E-state index is 12.2. The first-order valence-electron chi connectivity index (χ1n) is 6.65. The second-order valence-electron chi connectivity index (χ2n) is 4.74. The fraction of sp³-hybridized carbons (Fsp3) is 0.615. The van der Waals surface area contributed by atoms with Crippen LogP contribution in [0.5, 0.6) is 0 Å². The highest BCUT2D eigenvalue weighted by Gasteiger charge is 2.24. The Kier molecular flexibility index (Phi) is 5.65.